The van der Waals surface area contributed by atoms with Crippen LogP contribution in [0, 0.1) is 13.8 Å². The summed E-state index contributed by atoms with van der Waals surface area (Å²) < 4.78 is 2.82. The van der Waals surface area contributed by atoms with E-state index in [1.165, 1.54) is 64.4 Å². The Morgan fingerprint density at radius 3 is 2.27 bits per heavy atom. The molecule has 198 valence electrons. The van der Waals surface area contributed by atoms with Gasteiger partial charge in [-0.2, -0.15) is 0 Å². The van der Waals surface area contributed by atoms with Gasteiger partial charge in [-0.05, 0) is 106 Å². The summed E-state index contributed by atoms with van der Waals surface area (Å²) in [5.41, 5.74) is 12.7. The van der Waals surface area contributed by atoms with Crippen LogP contribution in [0.3, 0.4) is 0 Å². The lowest BCUT2D eigenvalue weighted by molar-refractivity contribution is 1.08. The minimum atomic E-state index is 0.956. The number of hydrogen-bond donors (Lipinski definition) is 0. The number of fused-ring (bicyclic) bond motifs is 3. The summed E-state index contributed by atoms with van der Waals surface area (Å²) in [6.45, 7) is 4.53. The van der Waals surface area contributed by atoms with E-state index >= 15 is 0 Å². The monoisotopic (exact) mass is 545 g/mol. The minimum absolute atomic E-state index is 0.956. The van der Waals surface area contributed by atoms with Crippen molar-refractivity contribution in [2.75, 3.05) is 0 Å². The molecule has 0 aliphatic heterocycles. The molecule has 0 amide bonds. The van der Waals surface area contributed by atoms with Crippen LogP contribution in [0.15, 0.2) is 120 Å². The first-order valence-corrected chi connectivity index (χ1v) is 15.1. The largest absolute Gasteiger partial charge is 0.256 e. The fourth-order valence-corrected chi connectivity index (χ4v) is 7.34. The van der Waals surface area contributed by atoms with Crippen molar-refractivity contribution in [2.24, 2.45) is 4.99 Å². The van der Waals surface area contributed by atoms with Gasteiger partial charge in [0.2, 0.25) is 0 Å². The molecule has 0 spiro atoms. The maximum absolute atomic E-state index is 4.64. The van der Waals surface area contributed by atoms with E-state index in [9.17, 15) is 0 Å². The van der Waals surface area contributed by atoms with Crippen LogP contribution in [-0.4, -0.2) is 6.21 Å². The lowest BCUT2D eigenvalue weighted by atomic mass is 9.87. The van der Waals surface area contributed by atoms with E-state index in [0.29, 0.717) is 0 Å². The van der Waals surface area contributed by atoms with Crippen LogP contribution in [0.4, 0.5) is 5.69 Å². The van der Waals surface area contributed by atoms with E-state index in [2.05, 4.69) is 122 Å². The number of thiophene rings is 1. The van der Waals surface area contributed by atoms with E-state index in [1.807, 2.05) is 35.8 Å². The molecule has 7 rings (SSSR count). The maximum atomic E-state index is 4.64. The molecule has 2 heteroatoms. The first-order valence-electron chi connectivity index (χ1n) is 14.3. The van der Waals surface area contributed by atoms with Crippen molar-refractivity contribution in [1.29, 1.82) is 0 Å². The molecule has 0 unspecified atom stereocenters. The summed E-state index contributed by atoms with van der Waals surface area (Å²) >= 11 is 1.94. The molecule has 0 fully saturated rings. The number of hydrogen-bond acceptors (Lipinski definition) is 2. The summed E-state index contributed by atoms with van der Waals surface area (Å²) in [5, 5.41) is 2.81. The highest BCUT2D eigenvalue weighted by atomic mass is 32.1. The van der Waals surface area contributed by atoms with E-state index in [4.69, 9.17) is 0 Å². The SMILES string of the molecule is Cc1cc(-c2ccc(N=Cc3ccccc3)cc2)ccc1-c1cccc(C2=c3sc4ccccc4c3=CCC2)c1C. The summed E-state index contributed by atoms with van der Waals surface area (Å²) in [7, 11) is 0. The second kappa shape index (κ2) is 10.8. The van der Waals surface area contributed by atoms with Crippen LogP contribution in [0.2, 0.25) is 0 Å². The van der Waals surface area contributed by atoms with Gasteiger partial charge in [0.1, 0.15) is 0 Å². The molecule has 1 heterocycles. The van der Waals surface area contributed by atoms with Crippen LogP contribution in [-0.2, 0) is 0 Å². The average molecular weight is 546 g/mol. The first-order chi connectivity index (χ1) is 20.2. The Morgan fingerprint density at radius 2 is 1.44 bits per heavy atom. The fourth-order valence-electron chi connectivity index (χ4n) is 6.05. The van der Waals surface area contributed by atoms with Gasteiger partial charge in [-0.1, -0.05) is 103 Å². The second-order valence-electron chi connectivity index (χ2n) is 10.8. The van der Waals surface area contributed by atoms with Crippen molar-refractivity contribution in [2.45, 2.75) is 26.7 Å². The molecular formula is C39H31NS. The molecule has 1 nitrogen and oxygen atoms in total. The smallest absolute Gasteiger partial charge is 0.0630 e. The van der Waals surface area contributed by atoms with Gasteiger partial charge in [-0.3, -0.25) is 4.99 Å². The molecule has 0 N–H and O–H groups in total. The molecule has 5 aromatic carbocycles. The molecule has 6 aromatic rings. The summed E-state index contributed by atoms with van der Waals surface area (Å²) in [4.78, 5) is 4.64. The van der Waals surface area contributed by atoms with Crippen molar-refractivity contribution < 1.29 is 0 Å². The molecule has 0 bridgehead atoms. The van der Waals surface area contributed by atoms with Crippen molar-refractivity contribution in [1.82, 2.24) is 0 Å². The Morgan fingerprint density at radius 1 is 0.683 bits per heavy atom. The molecule has 1 aliphatic rings. The minimum Gasteiger partial charge on any atom is -0.256 e. The number of rotatable bonds is 5. The van der Waals surface area contributed by atoms with Crippen molar-refractivity contribution in [3.05, 3.63) is 147 Å². The lowest BCUT2D eigenvalue weighted by Gasteiger charge is -2.17. The van der Waals surface area contributed by atoms with Gasteiger partial charge < -0.3 is 0 Å². The topological polar surface area (TPSA) is 12.4 Å². The quantitative estimate of drug-likeness (QED) is 0.191. The van der Waals surface area contributed by atoms with Gasteiger partial charge in [-0.15, -0.1) is 11.3 Å². The molecule has 0 saturated carbocycles. The molecule has 1 aliphatic carbocycles. The number of aliphatic imine (C=N–C) groups is 1. The predicted molar refractivity (Wildman–Crippen MR) is 178 cm³/mol. The van der Waals surface area contributed by atoms with Crippen LogP contribution in [0.5, 0.6) is 0 Å². The van der Waals surface area contributed by atoms with Gasteiger partial charge in [0.05, 0.1) is 5.69 Å². The van der Waals surface area contributed by atoms with E-state index in [-0.39, 0.29) is 0 Å². The third kappa shape index (κ3) is 4.85. The molecule has 0 saturated heterocycles. The van der Waals surface area contributed by atoms with Gasteiger partial charge in [0.15, 0.2) is 0 Å². The number of aryl methyl sites for hydroxylation is 1. The highest BCUT2D eigenvalue weighted by molar-refractivity contribution is 7.17. The predicted octanol–water partition coefficient (Wildman–Crippen LogP) is 9.38. The van der Waals surface area contributed by atoms with Gasteiger partial charge >= 0.3 is 0 Å². The Kier molecular flexibility index (Phi) is 6.70. The van der Waals surface area contributed by atoms with Gasteiger partial charge in [0.25, 0.3) is 0 Å². The number of benzene rings is 5. The van der Waals surface area contributed by atoms with Gasteiger partial charge in [0, 0.05) is 15.4 Å². The van der Waals surface area contributed by atoms with Crippen molar-refractivity contribution in [3.63, 3.8) is 0 Å². The Balaban J connectivity index is 1.22. The second-order valence-corrected chi connectivity index (χ2v) is 11.8. The van der Waals surface area contributed by atoms with Crippen molar-refractivity contribution >= 4 is 45.0 Å². The van der Waals surface area contributed by atoms with Crippen molar-refractivity contribution in [3.8, 4) is 22.3 Å². The fraction of sp³-hybridized carbons (Fsp3) is 0.103. The average Bonchev–Trinajstić information content (AvgIpc) is 3.40. The summed E-state index contributed by atoms with van der Waals surface area (Å²) in [5.74, 6) is 0. The first kappa shape index (κ1) is 25.4. The van der Waals surface area contributed by atoms with Crippen LogP contribution in [0.1, 0.15) is 35.1 Å². The Labute approximate surface area is 245 Å². The van der Waals surface area contributed by atoms with Crippen LogP contribution < -0.4 is 9.75 Å². The molecule has 0 atom stereocenters. The highest BCUT2D eigenvalue weighted by Gasteiger charge is 2.16. The standard InChI is InChI=1S/C39H31NS/c1-26-24-30(29-18-21-31(22-19-29)40-25-28-10-4-3-5-11-28)20-23-32(26)33-13-8-14-34(27(33)2)36-15-9-16-37-35-12-6-7-17-38(35)41-39(36)37/h3-8,10-14,16-25H,9,15H2,1-2H3. The van der Waals surface area contributed by atoms with E-state index in [0.717, 1.165) is 24.1 Å². The highest BCUT2D eigenvalue weighted by Crippen LogP contribution is 2.35. The number of nitrogens with zero attached hydrogens (tertiary/aromatic N) is 1. The normalized spacial score (nSPS) is 13.0. The molecule has 0 radical (unpaired) electrons. The van der Waals surface area contributed by atoms with E-state index in [1.54, 1.807) is 0 Å². The van der Waals surface area contributed by atoms with Gasteiger partial charge in [-0.25, -0.2) is 0 Å². The lowest BCUT2D eigenvalue weighted by Crippen LogP contribution is -2.25. The zero-order chi connectivity index (χ0) is 27.8. The maximum Gasteiger partial charge on any atom is 0.0630 e. The molecule has 1 aromatic heterocycles. The molecule has 41 heavy (non-hydrogen) atoms. The zero-order valence-electron chi connectivity index (χ0n) is 23.4. The third-order valence-electron chi connectivity index (χ3n) is 8.19. The van der Waals surface area contributed by atoms with Crippen LogP contribution >= 0.6 is 11.3 Å². The Bertz CT molecular complexity index is 2040. The van der Waals surface area contributed by atoms with Crippen LogP contribution in [0.25, 0.3) is 44.0 Å². The summed E-state index contributed by atoms with van der Waals surface area (Å²) in [6.07, 6.45) is 6.53. The zero-order valence-corrected chi connectivity index (χ0v) is 24.2. The van der Waals surface area contributed by atoms with E-state index < -0.39 is 0 Å². The third-order valence-corrected chi connectivity index (χ3v) is 9.44. The molecular weight excluding hydrogens is 515 g/mol. The Hall–Kier alpha value is -4.53. The summed E-state index contributed by atoms with van der Waals surface area (Å²) in [6, 6.07) is 41.2.